The largest absolute Gasteiger partial charge is 0.573 e. The lowest BCUT2D eigenvalue weighted by atomic mass is 9.83. The Kier molecular flexibility index (Phi) is 6.46. The first-order valence-corrected chi connectivity index (χ1v) is 10.6. The summed E-state index contributed by atoms with van der Waals surface area (Å²) in [6.07, 6.45) is -4.65. The molecule has 0 aliphatic carbocycles. The molecule has 1 aliphatic heterocycles. The summed E-state index contributed by atoms with van der Waals surface area (Å²) < 4.78 is 40.7. The Balaban J connectivity index is 1.51. The van der Waals surface area contributed by atoms with Gasteiger partial charge in [0.15, 0.2) is 5.54 Å². The van der Waals surface area contributed by atoms with Gasteiger partial charge in [0.1, 0.15) is 12.3 Å². The highest BCUT2D eigenvalue weighted by Crippen LogP contribution is 2.33. The van der Waals surface area contributed by atoms with Crippen molar-refractivity contribution < 1.29 is 32.3 Å². The van der Waals surface area contributed by atoms with Crippen LogP contribution in [0.1, 0.15) is 11.1 Å². The summed E-state index contributed by atoms with van der Waals surface area (Å²) in [6, 6.07) is 21.7. The molecule has 0 saturated carbocycles. The molecule has 1 aliphatic rings. The molecule has 0 radical (unpaired) electrons. The maximum Gasteiger partial charge on any atom is 0.573 e. The van der Waals surface area contributed by atoms with E-state index in [9.17, 15) is 27.6 Å². The van der Waals surface area contributed by atoms with E-state index in [4.69, 9.17) is 0 Å². The fourth-order valence-electron chi connectivity index (χ4n) is 3.90. The van der Waals surface area contributed by atoms with Crippen LogP contribution in [0.25, 0.3) is 0 Å². The van der Waals surface area contributed by atoms with Gasteiger partial charge in [0.05, 0.1) is 0 Å². The predicted molar refractivity (Wildman–Crippen MR) is 120 cm³/mol. The molecule has 0 aromatic heterocycles. The van der Waals surface area contributed by atoms with Crippen LogP contribution >= 0.6 is 0 Å². The second kappa shape index (κ2) is 9.49. The van der Waals surface area contributed by atoms with Gasteiger partial charge in [-0.3, -0.25) is 14.5 Å². The topological polar surface area (TPSA) is 87.7 Å². The van der Waals surface area contributed by atoms with Crippen molar-refractivity contribution >= 4 is 23.5 Å². The highest BCUT2D eigenvalue weighted by molar-refractivity contribution is 6.10. The molecule has 1 unspecified atom stereocenters. The lowest BCUT2D eigenvalue weighted by Gasteiger charge is -2.27. The number of amides is 4. The molecule has 1 saturated heterocycles. The van der Waals surface area contributed by atoms with E-state index in [0.29, 0.717) is 5.56 Å². The Morgan fingerprint density at radius 1 is 0.914 bits per heavy atom. The second-order valence-electron chi connectivity index (χ2n) is 7.88. The Labute approximate surface area is 198 Å². The number of anilines is 1. The number of carbonyl (C=O) groups excluding carboxylic acids is 3. The standard InChI is InChI=1S/C25H20F3N3O4/c26-25(27,28)35-20-13-11-19(12-14-20)29-21(32)16-31-22(33)24(30-23(31)34,18-9-5-2-6-10-18)15-17-7-3-1-4-8-17/h1-14H,15-16H2,(H,29,32)(H,30,34). The third-order valence-electron chi connectivity index (χ3n) is 5.43. The average Bonchev–Trinajstić information content (AvgIpc) is 3.05. The zero-order valence-electron chi connectivity index (χ0n) is 18.2. The number of rotatable bonds is 7. The average molecular weight is 483 g/mol. The number of imide groups is 1. The van der Waals surface area contributed by atoms with Crippen LogP contribution in [0.2, 0.25) is 0 Å². The fraction of sp³-hybridized carbons (Fsp3) is 0.160. The summed E-state index contributed by atoms with van der Waals surface area (Å²) in [4.78, 5) is 39.8. The number of ether oxygens (including phenoxy) is 1. The number of alkyl halides is 3. The van der Waals surface area contributed by atoms with Gasteiger partial charge in [-0.25, -0.2) is 4.79 Å². The van der Waals surface area contributed by atoms with Crippen molar-refractivity contribution in [1.82, 2.24) is 10.2 Å². The van der Waals surface area contributed by atoms with E-state index in [-0.39, 0.29) is 12.1 Å². The molecule has 4 rings (SSSR count). The SMILES string of the molecule is O=C(CN1C(=O)NC(Cc2ccccc2)(c2ccccc2)C1=O)Nc1ccc(OC(F)(F)F)cc1. The lowest BCUT2D eigenvalue weighted by molar-refractivity contribution is -0.274. The lowest BCUT2D eigenvalue weighted by Crippen LogP contribution is -2.46. The number of benzene rings is 3. The van der Waals surface area contributed by atoms with Crippen LogP contribution in [0, 0.1) is 0 Å². The maximum atomic E-state index is 13.5. The number of hydrogen-bond donors (Lipinski definition) is 2. The molecule has 7 nitrogen and oxygen atoms in total. The molecule has 35 heavy (non-hydrogen) atoms. The van der Waals surface area contributed by atoms with E-state index >= 15 is 0 Å². The van der Waals surface area contributed by atoms with Crippen molar-refractivity contribution in [1.29, 1.82) is 0 Å². The van der Waals surface area contributed by atoms with Crippen LogP contribution in [-0.2, 0) is 21.5 Å². The molecule has 2 N–H and O–H groups in total. The zero-order valence-corrected chi connectivity index (χ0v) is 18.2. The molecule has 3 aromatic carbocycles. The number of nitrogens with one attached hydrogen (secondary N) is 2. The molecule has 1 atom stereocenters. The summed E-state index contributed by atoms with van der Waals surface area (Å²) in [7, 11) is 0. The highest BCUT2D eigenvalue weighted by atomic mass is 19.4. The summed E-state index contributed by atoms with van der Waals surface area (Å²) in [5, 5.41) is 5.23. The molecule has 4 amide bonds. The molecule has 1 fully saturated rings. The molecule has 0 spiro atoms. The van der Waals surface area contributed by atoms with Gasteiger partial charge < -0.3 is 15.4 Å². The normalized spacial score (nSPS) is 17.7. The number of nitrogens with zero attached hydrogens (tertiary/aromatic N) is 1. The van der Waals surface area contributed by atoms with Gasteiger partial charge in [-0.15, -0.1) is 13.2 Å². The highest BCUT2D eigenvalue weighted by Gasteiger charge is 2.52. The van der Waals surface area contributed by atoms with Crippen LogP contribution in [-0.4, -0.2) is 35.7 Å². The van der Waals surface area contributed by atoms with Crippen LogP contribution in [0.3, 0.4) is 0 Å². The van der Waals surface area contributed by atoms with Gasteiger partial charge in [-0.05, 0) is 35.4 Å². The van der Waals surface area contributed by atoms with Crippen molar-refractivity contribution in [2.45, 2.75) is 18.3 Å². The Hall–Kier alpha value is -4.34. The first-order chi connectivity index (χ1) is 16.7. The molecule has 0 bridgehead atoms. The van der Waals surface area contributed by atoms with E-state index in [1.165, 1.54) is 12.1 Å². The number of halogens is 3. The van der Waals surface area contributed by atoms with E-state index in [1.807, 2.05) is 30.3 Å². The Morgan fingerprint density at radius 3 is 2.11 bits per heavy atom. The van der Waals surface area contributed by atoms with Crippen molar-refractivity contribution in [2.75, 3.05) is 11.9 Å². The predicted octanol–water partition coefficient (Wildman–Crippen LogP) is 4.21. The van der Waals surface area contributed by atoms with E-state index in [1.54, 1.807) is 30.3 Å². The minimum atomic E-state index is -4.83. The van der Waals surface area contributed by atoms with Crippen molar-refractivity contribution in [3.05, 3.63) is 96.1 Å². The second-order valence-corrected chi connectivity index (χ2v) is 7.88. The van der Waals surface area contributed by atoms with E-state index in [0.717, 1.165) is 22.6 Å². The van der Waals surface area contributed by atoms with Gasteiger partial charge in [0.2, 0.25) is 5.91 Å². The summed E-state index contributed by atoms with van der Waals surface area (Å²) in [6.45, 7) is -0.575. The molecular weight excluding hydrogens is 463 g/mol. The van der Waals surface area contributed by atoms with E-state index in [2.05, 4.69) is 15.4 Å². The van der Waals surface area contributed by atoms with Crippen molar-refractivity contribution in [3.8, 4) is 5.75 Å². The smallest absolute Gasteiger partial charge is 0.406 e. The van der Waals surface area contributed by atoms with Crippen LogP contribution in [0.4, 0.5) is 23.7 Å². The minimum absolute atomic E-state index is 0.176. The van der Waals surface area contributed by atoms with Gasteiger partial charge in [0, 0.05) is 12.1 Å². The zero-order chi connectivity index (χ0) is 25.1. The third kappa shape index (κ3) is 5.43. The van der Waals surface area contributed by atoms with Crippen LogP contribution in [0.15, 0.2) is 84.9 Å². The Morgan fingerprint density at radius 2 is 1.51 bits per heavy atom. The summed E-state index contributed by atoms with van der Waals surface area (Å²) >= 11 is 0. The monoisotopic (exact) mass is 483 g/mol. The summed E-state index contributed by atoms with van der Waals surface area (Å²) in [5.74, 6) is -1.72. The maximum absolute atomic E-state index is 13.5. The Bertz CT molecular complexity index is 1220. The molecule has 180 valence electrons. The first-order valence-electron chi connectivity index (χ1n) is 10.6. The fourth-order valence-corrected chi connectivity index (χ4v) is 3.90. The number of urea groups is 1. The van der Waals surface area contributed by atoms with Crippen LogP contribution < -0.4 is 15.4 Å². The van der Waals surface area contributed by atoms with E-state index < -0.39 is 42.0 Å². The first kappa shape index (κ1) is 23.8. The van der Waals surface area contributed by atoms with Gasteiger partial charge in [-0.1, -0.05) is 60.7 Å². The van der Waals surface area contributed by atoms with Crippen molar-refractivity contribution in [2.24, 2.45) is 0 Å². The third-order valence-corrected chi connectivity index (χ3v) is 5.43. The summed E-state index contributed by atoms with van der Waals surface area (Å²) in [5.41, 5.74) is 0.175. The molecular formula is C25H20F3N3O4. The minimum Gasteiger partial charge on any atom is -0.406 e. The van der Waals surface area contributed by atoms with Gasteiger partial charge in [-0.2, -0.15) is 0 Å². The molecule has 1 heterocycles. The number of hydrogen-bond acceptors (Lipinski definition) is 4. The van der Waals surface area contributed by atoms with Crippen LogP contribution in [0.5, 0.6) is 5.75 Å². The van der Waals surface area contributed by atoms with Gasteiger partial charge >= 0.3 is 12.4 Å². The molecule has 3 aromatic rings. The quantitative estimate of drug-likeness (QED) is 0.493. The van der Waals surface area contributed by atoms with Crippen molar-refractivity contribution in [3.63, 3.8) is 0 Å². The molecule has 10 heteroatoms. The number of carbonyl (C=O) groups is 3. The van der Waals surface area contributed by atoms with Gasteiger partial charge in [0.25, 0.3) is 5.91 Å².